The molecule has 2 aromatic rings. The maximum Gasteiger partial charge on any atom is 0.222 e. The second kappa shape index (κ2) is 11.4. The van der Waals surface area contributed by atoms with Crippen LogP contribution in [0.25, 0.3) is 0 Å². The van der Waals surface area contributed by atoms with Crippen LogP contribution >= 0.6 is 36.4 Å². The van der Waals surface area contributed by atoms with Gasteiger partial charge >= 0.3 is 0 Å². The molecule has 0 aliphatic carbocycles. The number of anilines is 1. The standard InChI is InChI=1S/C20H24ClN3O.2ClH/c21-17-10-4-5-11-19(17)24-12-6-9-16(14-24)23-20(25)13-18(22)15-7-2-1-3-8-15;;/h1-5,7-8,10-11,16,18H,6,9,12-14,22H2,(H,23,25);2*1H. The molecule has 1 aliphatic heterocycles. The second-order valence-electron chi connectivity index (χ2n) is 6.53. The van der Waals surface area contributed by atoms with Gasteiger partial charge in [0.15, 0.2) is 0 Å². The number of para-hydroxylation sites is 1. The fourth-order valence-corrected chi connectivity index (χ4v) is 3.58. The molecule has 1 heterocycles. The van der Waals surface area contributed by atoms with Crippen LogP contribution in [0.1, 0.15) is 30.9 Å². The zero-order chi connectivity index (χ0) is 17.6. The van der Waals surface area contributed by atoms with Crippen LogP contribution in [0.15, 0.2) is 54.6 Å². The Morgan fingerprint density at radius 2 is 1.81 bits per heavy atom. The van der Waals surface area contributed by atoms with E-state index >= 15 is 0 Å². The SMILES string of the molecule is Cl.Cl.NC(CC(=O)NC1CCCN(c2ccccc2Cl)C1)c1ccccc1. The molecule has 3 rings (SSSR count). The Bertz CT molecular complexity index is 715. The predicted molar refractivity (Wildman–Crippen MR) is 117 cm³/mol. The summed E-state index contributed by atoms with van der Waals surface area (Å²) in [5.41, 5.74) is 8.17. The van der Waals surface area contributed by atoms with E-state index in [4.69, 9.17) is 17.3 Å². The Kier molecular flexibility index (Phi) is 9.95. The van der Waals surface area contributed by atoms with E-state index in [2.05, 4.69) is 10.2 Å². The molecule has 2 aromatic carbocycles. The van der Waals surface area contributed by atoms with Crippen molar-refractivity contribution in [2.24, 2.45) is 5.73 Å². The Morgan fingerprint density at radius 1 is 1.15 bits per heavy atom. The van der Waals surface area contributed by atoms with Gasteiger partial charge in [-0.05, 0) is 30.5 Å². The van der Waals surface area contributed by atoms with Crippen molar-refractivity contribution in [3.8, 4) is 0 Å². The van der Waals surface area contributed by atoms with Gasteiger partial charge in [-0.25, -0.2) is 0 Å². The lowest BCUT2D eigenvalue weighted by atomic mass is 10.0. The number of hydrogen-bond acceptors (Lipinski definition) is 3. The Morgan fingerprint density at radius 3 is 2.52 bits per heavy atom. The molecule has 0 spiro atoms. The highest BCUT2D eigenvalue weighted by Gasteiger charge is 2.23. The molecule has 1 saturated heterocycles. The number of halogens is 3. The van der Waals surface area contributed by atoms with Gasteiger partial charge in [-0.1, -0.05) is 54.1 Å². The third-order valence-corrected chi connectivity index (χ3v) is 4.93. The molecular weight excluding hydrogens is 405 g/mol. The molecule has 0 bridgehead atoms. The number of rotatable bonds is 5. The highest BCUT2D eigenvalue weighted by Crippen LogP contribution is 2.27. The fraction of sp³-hybridized carbons (Fsp3) is 0.350. The van der Waals surface area contributed by atoms with Crippen molar-refractivity contribution in [3.63, 3.8) is 0 Å². The van der Waals surface area contributed by atoms with E-state index in [0.29, 0.717) is 6.42 Å². The largest absolute Gasteiger partial charge is 0.368 e. The van der Waals surface area contributed by atoms with Crippen LogP contribution in [-0.4, -0.2) is 25.0 Å². The molecule has 3 N–H and O–H groups in total. The van der Waals surface area contributed by atoms with Gasteiger partial charge in [-0.3, -0.25) is 4.79 Å². The summed E-state index contributed by atoms with van der Waals surface area (Å²) in [7, 11) is 0. The van der Waals surface area contributed by atoms with Crippen LogP contribution in [0.5, 0.6) is 0 Å². The van der Waals surface area contributed by atoms with Crippen molar-refractivity contribution in [3.05, 3.63) is 65.2 Å². The number of nitrogens with two attached hydrogens (primary N) is 1. The smallest absolute Gasteiger partial charge is 0.222 e. The van der Waals surface area contributed by atoms with Gasteiger partial charge in [0.25, 0.3) is 0 Å². The predicted octanol–water partition coefficient (Wildman–Crippen LogP) is 4.36. The lowest BCUT2D eigenvalue weighted by Gasteiger charge is -2.35. The van der Waals surface area contributed by atoms with E-state index in [1.165, 1.54) is 0 Å². The maximum atomic E-state index is 12.4. The summed E-state index contributed by atoms with van der Waals surface area (Å²) >= 11 is 6.30. The molecule has 27 heavy (non-hydrogen) atoms. The molecule has 1 fully saturated rings. The fourth-order valence-electron chi connectivity index (χ4n) is 3.33. The summed E-state index contributed by atoms with van der Waals surface area (Å²) in [5.74, 6) is 0.00219. The topological polar surface area (TPSA) is 58.4 Å². The van der Waals surface area contributed by atoms with Gasteiger partial charge in [-0.2, -0.15) is 0 Å². The summed E-state index contributed by atoms with van der Waals surface area (Å²) < 4.78 is 0. The summed E-state index contributed by atoms with van der Waals surface area (Å²) in [6, 6.07) is 17.4. The van der Waals surface area contributed by atoms with E-state index in [1.54, 1.807) is 0 Å². The Balaban J connectivity index is 0.00000182. The molecule has 1 amide bonds. The molecule has 0 radical (unpaired) electrons. The van der Waals surface area contributed by atoms with Crippen molar-refractivity contribution in [1.29, 1.82) is 0 Å². The molecule has 2 unspecified atom stereocenters. The number of nitrogens with one attached hydrogen (secondary N) is 1. The summed E-state index contributed by atoms with van der Waals surface area (Å²) in [5, 5.41) is 3.89. The lowest BCUT2D eigenvalue weighted by Crippen LogP contribution is -2.48. The third kappa shape index (κ3) is 6.58. The van der Waals surface area contributed by atoms with Crippen molar-refractivity contribution < 1.29 is 4.79 Å². The van der Waals surface area contributed by atoms with Gasteiger partial charge in [0.1, 0.15) is 0 Å². The van der Waals surface area contributed by atoms with Gasteiger partial charge < -0.3 is 16.0 Å². The molecular formula is C20H26Cl3N3O. The van der Waals surface area contributed by atoms with Gasteiger partial charge in [-0.15, -0.1) is 24.8 Å². The average Bonchev–Trinajstić information content (AvgIpc) is 2.63. The van der Waals surface area contributed by atoms with Crippen molar-refractivity contribution in [2.45, 2.75) is 31.3 Å². The van der Waals surface area contributed by atoms with Crippen LogP contribution in [-0.2, 0) is 4.79 Å². The van der Waals surface area contributed by atoms with E-state index in [0.717, 1.165) is 42.2 Å². The van der Waals surface area contributed by atoms with Crippen molar-refractivity contribution in [1.82, 2.24) is 5.32 Å². The van der Waals surface area contributed by atoms with E-state index < -0.39 is 0 Å². The Hall–Kier alpha value is -1.46. The lowest BCUT2D eigenvalue weighted by molar-refractivity contribution is -0.122. The van der Waals surface area contributed by atoms with Gasteiger partial charge in [0.2, 0.25) is 5.91 Å². The molecule has 1 aliphatic rings. The first-order valence-electron chi connectivity index (χ1n) is 8.73. The minimum absolute atomic E-state index is 0. The van der Waals surface area contributed by atoms with Crippen LogP contribution in [0.3, 0.4) is 0 Å². The number of carbonyl (C=O) groups is 1. The number of benzene rings is 2. The number of hydrogen-bond donors (Lipinski definition) is 2. The molecule has 7 heteroatoms. The highest BCUT2D eigenvalue weighted by atomic mass is 35.5. The van der Waals surface area contributed by atoms with E-state index in [9.17, 15) is 4.79 Å². The Labute approximate surface area is 178 Å². The molecule has 4 nitrogen and oxygen atoms in total. The first kappa shape index (κ1) is 23.6. The number of carbonyl (C=O) groups excluding carboxylic acids is 1. The number of nitrogens with zero attached hydrogens (tertiary/aromatic N) is 1. The van der Waals surface area contributed by atoms with Crippen molar-refractivity contribution in [2.75, 3.05) is 18.0 Å². The zero-order valence-corrected chi connectivity index (χ0v) is 17.4. The van der Waals surface area contributed by atoms with Gasteiger partial charge in [0.05, 0.1) is 10.7 Å². The number of amides is 1. The van der Waals surface area contributed by atoms with Crippen LogP contribution in [0.2, 0.25) is 5.02 Å². The first-order chi connectivity index (χ1) is 12.1. The molecule has 0 aromatic heterocycles. The van der Waals surface area contributed by atoms with E-state index in [-0.39, 0.29) is 42.8 Å². The van der Waals surface area contributed by atoms with Crippen LogP contribution in [0, 0.1) is 0 Å². The van der Waals surface area contributed by atoms with E-state index in [1.807, 2.05) is 54.6 Å². The molecule has 148 valence electrons. The minimum atomic E-state index is -0.274. The maximum absolute atomic E-state index is 12.4. The summed E-state index contributed by atoms with van der Waals surface area (Å²) in [6.07, 6.45) is 2.31. The normalized spacial score (nSPS) is 17.3. The quantitative estimate of drug-likeness (QED) is 0.741. The van der Waals surface area contributed by atoms with Crippen molar-refractivity contribution >= 4 is 48.0 Å². The van der Waals surface area contributed by atoms with Crippen LogP contribution < -0.4 is 16.0 Å². The van der Waals surface area contributed by atoms with Gasteiger partial charge in [0, 0.05) is 31.6 Å². The minimum Gasteiger partial charge on any atom is -0.368 e. The average molecular weight is 431 g/mol. The first-order valence-corrected chi connectivity index (χ1v) is 9.10. The second-order valence-corrected chi connectivity index (χ2v) is 6.93. The molecule has 2 atom stereocenters. The van der Waals surface area contributed by atoms with Crippen LogP contribution in [0.4, 0.5) is 5.69 Å². The molecule has 0 saturated carbocycles. The third-order valence-electron chi connectivity index (χ3n) is 4.61. The summed E-state index contributed by atoms with van der Waals surface area (Å²) in [6.45, 7) is 1.73. The highest BCUT2D eigenvalue weighted by molar-refractivity contribution is 6.33. The summed E-state index contributed by atoms with van der Waals surface area (Å²) in [4.78, 5) is 14.6. The number of piperidine rings is 1. The zero-order valence-electron chi connectivity index (χ0n) is 15.0. The monoisotopic (exact) mass is 429 g/mol.